The Bertz CT molecular complexity index is 684. The van der Waals surface area contributed by atoms with Gasteiger partial charge in [0.2, 0.25) is 5.13 Å². The third kappa shape index (κ3) is 5.48. The lowest BCUT2D eigenvalue weighted by atomic mass is 10.1. The van der Waals surface area contributed by atoms with Gasteiger partial charge in [-0.3, -0.25) is 10.1 Å². The van der Waals surface area contributed by atoms with Gasteiger partial charge < -0.3 is 4.74 Å². The summed E-state index contributed by atoms with van der Waals surface area (Å²) in [6.45, 7) is 3.78. The molecule has 0 saturated heterocycles. The standard InChI is InChI=1S/C15H16F3N3O2S/c1-9(2)7-13-20-21-14(24-13)19-12(22)8-23-11-5-3-10(4-6-11)15(16,17)18/h3-6,9H,7-8H2,1-2H3,(H,19,21,22). The summed E-state index contributed by atoms with van der Waals surface area (Å²) in [5, 5.41) is 11.6. The van der Waals surface area contributed by atoms with Crippen molar-refractivity contribution in [3.05, 3.63) is 34.8 Å². The molecular weight excluding hydrogens is 343 g/mol. The number of alkyl halides is 3. The van der Waals surface area contributed by atoms with Crippen LogP contribution in [-0.4, -0.2) is 22.7 Å². The number of ether oxygens (including phenoxy) is 1. The summed E-state index contributed by atoms with van der Waals surface area (Å²) in [5.41, 5.74) is -0.772. The van der Waals surface area contributed by atoms with E-state index in [-0.39, 0.29) is 12.4 Å². The van der Waals surface area contributed by atoms with Gasteiger partial charge in [-0.05, 0) is 30.2 Å². The van der Waals surface area contributed by atoms with Crippen LogP contribution in [0.1, 0.15) is 24.4 Å². The largest absolute Gasteiger partial charge is 0.484 e. The third-order valence-electron chi connectivity index (χ3n) is 2.85. The highest BCUT2D eigenvalue weighted by Gasteiger charge is 2.30. The molecule has 0 bridgehead atoms. The lowest BCUT2D eigenvalue weighted by molar-refractivity contribution is -0.137. The molecule has 0 saturated carbocycles. The second kappa shape index (κ2) is 7.61. The summed E-state index contributed by atoms with van der Waals surface area (Å²) < 4.78 is 42.5. The molecule has 0 aliphatic rings. The minimum absolute atomic E-state index is 0.177. The highest BCUT2D eigenvalue weighted by molar-refractivity contribution is 7.15. The van der Waals surface area contributed by atoms with Gasteiger partial charge in [-0.1, -0.05) is 25.2 Å². The third-order valence-corrected chi connectivity index (χ3v) is 3.71. The number of hydrogen-bond donors (Lipinski definition) is 1. The van der Waals surface area contributed by atoms with E-state index in [4.69, 9.17) is 4.74 Å². The Morgan fingerprint density at radius 2 is 1.92 bits per heavy atom. The van der Waals surface area contributed by atoms with Gasteiger partial charge in [0.05, 0.1) is 5.56 Å². The second-order valence-electron chi connectivity index (χ2n) is 5.46. The van der Waals surface area contributed by atoms with Crippen molar-refractivity contribution >= 4 is 22.4 Å². The first kappa shape index (κ1) is 18.2. The normalized spacial score (nSPS) is 11.6. The predicted octanol–water partition coefficient (Wildman–Crippen LogP) is 3.77. The summed E-state index contributed by atoms with van der Waals surface area (Å²) >= 11 is 1.28. The maximum absolute atomic E-state index is 12.4. The zero-order valence-corrected chi connectivity index (χ0v) is 13.9. The van der Waals surface area contributed by atoms with Gasteiger partial charge in [0.1, 0.15) is 10.8 Å². The number of hydrogen-bond acceptors (Lipinski definition) is 5. The number of amides is 1. The minimum Gasteiger partial charge on any atom is -0.484 e. The molecule has 0 aliphatic carbocycles. The van der Waals surface area contributed by atoms with Crippen LogP contribution in [0, 0.1) is 5.92 Å². The molecule has 2 rings (SSSR count). The Morgan fingerprint density at radius 3 is 2.50 bits per heavy atom. The van der Waals surface area contributed by atoms with E-state index >= 15 is 0 Å². The van der Waals surface area contributed by atoms with Gasteiger partial charge in [0.25, 0.3) is 5.91 Å². The van der Waals surface area contributed by atoms with Crippen molar-refractivity contribution in [2.45, 2.75) is 26.4 Å². The number of aromatic nitrogens is 2. The topological polar surface area (TPSA) is 64.1 Å². The number of nitrogens with zero attached hydrogens (tertiary/aromatic N) is 2. The fraction of sp³-hybridized carbons (Fsp3) is 0.400. The number of rotatable bonds is 6. The fourth-order valence-electron chi connectivity index (χ4n) is 1.78. The first-order valence-electron chi connectivity index (χ1n) is 7.16. The molecule has 1 amide bonds. The molecule has 0 radical (unpaired) electrons. The average Bonchev–Trinajstić information content (AvgIpc) is 2.91. The van der Waals surface area contributed by atoms with Gasteiger partial charge in [0.15, 0.2) is 6.61 Å². The maximum Gasteiger partial charge on any atom is 0.416 e. The summed E-state index contributed by atoms with van der Waals surface area (Å²) in [6, 6.07) is 4.13. The number of nitrogens with one attached hydrogen (secondary N) is 1. The van der Waals surface area contributed by atoms with Crippen molar-refractivity contribution in [2.24, 2.45) is 5.92 Å². The van der Waals surface area contributed by atoms with Gasteiger partial charge in [-0.25, -0.2) is 0 Å². The molecule has 5 nitrogen and oxygen atoms in total. The number of carbonyl (C=O) groups excluding carboxylic acids is 1. The van der Waals surface area contributed by atoms with E-state index in [9.17, 15) is 18.0 Å². The molecule has 1 N–H and O–H groups in total. The molecule has 0 spiro atoms. The average molecular weight is 359 g/mol. The zero-order chi connectivity index (χ0) is 17.7. The summed E-state index contributed by atoms with van der Waals surface area (Å²) in [4.78, 5) is 11.8. The summed E-state index contributed by atoms with van der Waals surface area (Å²) in [5.74, 6) is 0.155. The molecule has 9 heteroatoms. The Labute approximate surface area is 140 Å². The first-order valence-corrected chi connectivity index (χ1v) is 7.98. The molecular formula is C15H16F3N3O2S. The van der Waals surface area contributed by atoms with Crippen LogP contribution in [0.15, 0.2) is 24.3 Å². The van der Waals surface area contributed by atoms with E-state index in [0.717, 1.165) is 23.6 Å². The smallest absolute Gasteiger partial charge is 0.416 e. The van der Waals surface area contributed by atoms with Gasteiger partial charge in [0, 0.05) is 6.42 Å². The van der Waals surface area contributed by atoms with Crippen LogP contribution in [0.2, 0.25) is 0 Å². The summed E-state index contributed by atoms with van der Waals surface area (Å²) in [7, 11) is 0. The van der Waals surface area contributed by atoms with Crippen LogP contribution >= 0.6 is 11.3 Å². The van der Waals surface area contributed by atoms with E-state index in [1.165, 1.54) is 23.5 Å². The molecule has 24 heavy (non-hydrogen) atoms. The molecule has 1 aromatic carbocycles. The van der Waals surface area contributed by atoms with Gasteiger partial charge in [-0.15, -0.1) is 10.2 Å². The van der Waals surface area contributed by atoms with Crippen molar-refractivity contribution in [1.29, 1.82) is 0 Å². The molecule has 0 fully saturated rings. The van der Waals surface area contributed by atoms with Crippen LogP contribution in [0.5, 0.6) is 5.75 Å². The van der Waals surface area contributed by atoms with Crippen molar-refractivity contribution in [3.8, 4) is 5.75 Å². The number of benzene rings is 1. The van der Waals surface area contributed by atoms with E-state index in [2.05, 4.69) is 29.4 Å². The lowest BCUT2D eigenvalue weighted by Crippen LogP contribution is -2.20. The van der Waals surface area contributed by atoms with E-state index in [1.807, 2.05) is 0 Å². The molecule has 2 aromatic rings. The molecule has 130 valence electrons. The molecule has 1 heterocycles. The van der Waals surface area contributed by atoms with E-state index in [1.54, 1.807) is 0 Å². The predicted molar refractivity (Wildman–Crippen MR) is 84.0 cm³/mol. The van der Waals surface area contributed by atoms with E-state index < -0.39 is 17.6 Å². The first-order chi connectivity index (χ1) is 11.2. The molecule has 1 aromatic heterocycles. The van der Waals surface area contributed by atoms with Gasteiger partial charge >= 0.3 is 6.18 Å². The van der Waals surface area contributed by atoms with Crippen LogP contribution in [0.25, 0.3) is 0 Å². The van der Waals surface area contributed by atoms with Crippen LogP contribution < -0.4 is 10.1 Å². The maximum atomic E-state index is 12.4. The van der Waals surface area contributed by atoms with E-state index in [0.29, 0.717) is 11.0 Å². The molecule has 0 atom stereocenters. The lowest BCUT2D eigenvalue weighted by Gasteiger charge is -2.08. The Kier molecular flexibility index (Phi) is 5.76. The Hall–Kier alpha value is -2.16. The monoisotopic (exact) mass is 359 g/mol. The van der Waals surface area contributed by atoms with Gasteiger partial charge in [-0.2, -0.15) is 13.2 Å². The van der Waals surface area contributed by atoms with Crippen LogP contribution in [-0.2, 0) is 17.4 Å². The number of halogens is 3. The SMILES string of the molecule is CC(C)Cc1nnc(NC(=O)COc2ccc(C(F)(F)F)cc2)s1. The minimum atomic E-state index is -4.40. The van der Waals surface area contributed by atoms with Crippen LogP contribution in [0.4, 0.5) is 18.3 Å². The van der Waals surface area contributed by atoms with Crippen molar-refractivity contribution in [1.82, 2.24) is 10.2 Å². The Balaban J connectivity index is 1.83. The Morgan fingerprint density at radius 1 is 1.25 bits per heavy atom. The number of carbonyl (C=O) groups is 1. The molecule has 0 aliphatic heterocycles. The number of anilines is 1. The highest BCUT2D eigenvalue weighted by Crippen LogP contribution is 2.30. The molecule has 0 unspecified atom stereocenters. The highest BCUT2D eigenvalue weighted by atomic mass is 32.1. The zero-order valence-electron chi connectivity index (χ0n) is 13.1. The van der Waals surface area contributed by atoms with Crippen molar-refractivity contribution < 1.29 is 22.7 Å². The second-order valence-corrected chi connectivity index (χ2v) is 6.52. The van der Waals surface area contributed by atoms with Crippen LogP contribution in [0.3, 0.4) is 0 Å². The van der Waals surface area contributed by atoms with Crippen molar-refractivity contribution in [3.63, 3.8) is 0 Å². The quantitative estimate of drug-likeness (QED) is 0.853. The summed E-state index contributed by atoms with van der Waals surface area (Å²) in [6.07, 6.45) is -3.63. The van der Waals surface area contributed by atoms with Crippen molar-refractivity contribution in [2.75, 3.05) is 11.9 Å². The fourth-order valence-corrected chi connectivity index (χ4v) is 2.75.